The molecule has 0 spiro atoms. The maximum absolute atomic E-state index is 4.19. The van der Waals surface area contributed by atoms with Gasteiger partial charge in [0.15, 0.2) is 0 Å². The molecule has 0 radical (unpaired) electrons. The van der Waals surface area contributed by atoms with E-state index in [4.69, 9.17) is 0 Å². The normalized spacial score (nSPS) is 13.8. The van der Waals surface area contributed by atoms with Crippen LogP contribution in [0, 0.1) is 0 Å². The fourth-order valence-electron chi connectivity index (χ4n) is 1.99. The molecule has 2 heterocycles. The van der Waals surface area contributed by atoms with E-state index in [1.54, 1.807) is 0 Å². The van der Waals surface area contributed by atoms with Crippen LogP contribution in [0.4, 0.5) is 11.4 Å². The smallest absolute Gasteiger partial charge is 0.0582 e. The molecule has 0 amide bonds. The number of hydrogen-bond acceptors (Lipinski definition) is 3. The molecule has 0 aliphatic carbocycles. The molecule has 3 rings (SSSR count). The minimum absolute atomic E-state index is 0.976. The summed E-state index contributed by atoms with van der Waals surface area (Å²) < 4.78 is 1.82. The van der Waals surface area contributed by atoms with Crippen LogP contribution in [-0.2, 0) is 7.05 Å². The quantitative estimate of drug-likeness (QED) is 0.762. The lowest BCUT2D eigenvalue weighted by atomic mass is 10.1. The third-order valence-corrected chi connectivity index (χ3v) is 2.81. The summed E-state index contributed by atoms with van der Waals surface area (Å²) in [7, 11) is 1.93. The number of aryl methyl sites for hydroxylation is 1. The van der Waals surface area contributed by atoms with Gasteiger partial charge in [-0.3, -0.25) is 4.68 Å². The molecule has 2 N–H and O–H groups in total. The van der Waals surface area contributed by atoms with Crippen LogP contribution < -0.4 is 10.6 Å². The first kappa shape index (κ1) is 9.27. The SMILES string of the molecule is Cn1cc(-c2ccc3c(c2)NCCN3)cn1. The average molecular weight is 214 g/mol. The fourth-order valence-corrected chi connectivity index (χ4v) is 1.99. The predicted molar refractivity (Wildman–Crippen MR) is 65.6 cm³/mol. The summed E-state index contributed by atoms with van der Waals surface area (Å²) in [4.78, 5) is 0. The lowest BCUT2D eigenvalue weighted by Crippen LogP contribution is -2.20. The molecule has 0 atom stereocenters. The van der Waals surface area contributed by atoms with Crippen molar-refractivity contribution in [2.45, 2.75) is 0 Å². The maximum Gasteiger partial charge on any atom is 0.0582 e. The van der Waals surface area contributed by atoms with Gasteiger partial charge in [0.05, 0.1) is 17.6 Å². The minimum atomic E-state index is 0.976. The van der Waals surface area contributed by atoms with Crippen LogP contribution >= 0.6 is 0 Å². The van der Waals surface area contributed by atoms with Gasteiger partial charge in [0, 0.05) is 31.9 Å². The molecule has 4 nitrogen and oxygen atoms in total. The fraction of sp³-hybridized carbons (Fsp3) is 0.250. The number of aromatic nitrogens is 2. The first-order valence-electron chi connectivity index (χ1n) is 5.44. The highest BCUT2D eigenvalue weighted by Crippen LogP contribution is 2.30. The molecule has 2 aromatic rings. The molecule has 0 fully saturated rings. The zero-order chi connectivity index (χ0) is 11.0. The van der Waals surface area contributed by atoms with Crippen molar-refractivity contribution < 1.29 is 0 Å². The summed E-state index contributed by atoms with van der Waals surface area (Å²) in [6, 6.07) is 6.40. The standard InChI is InChI=1S/C12H14N4/c1-16-8-10(7-15-16)9-2-3-11-12(6-9)14-5-4-13-11/h2-3,6-8,13-14H,4-5H2,1H3. The lowest BCUT2D eigenvalue weighted by Gasteiger charge is -2.20. The molecule has 1 aromatic heterocycles. The van der Waals surface area contributed by atoms with Crippen LogP contribution in [0.25, 0.3) is 11.1 Å². The van der Waals surface area contributed by atoms with E-state index < -0.39 is 0 Å². The van der Waals surface area contributed by atoms with E-state index in [0.29, 0.717) is 0 Å². The summed E-state index contributed by atoms with van der Waals surface area (Å²) in [6.45, 7) is 1.96. The van der Waals surface area contributed by atoms with Crippen LogP contribution in [0.2, 0.25) is 0 Å². The lowest BCUT2D eigenvalue weighted by molar-refractivity contribution is 0.768. The van der Waals surface area contributed by atoms with Crippen molar-refractivity contribution in [2.75, 3.05) is 23.7 Å². The Hall–Kier alpha value is -1.97. The Morgan fingerprint density at radius 3 is 2.69 bits per heavy atom. The molecule has 16 heavy (non-hydrogen) atoms. The molecule has 1 aliphatic rings. The van der Waals surface area contributed by atoms with Crippen molar-refractivity contribution in [1.29, 1.82) is 0 Å². The third-order valence-electron chi connectivity index (χ3n) is 2.81. The van der Waals surface area contributed by atoms with Crippen molar-refractivity contribution in [3.63, 3.8) is 0 Å². The topological polar surface area (TPSA) is 41.9 Å². The van der Waals surface area contributed by atoms with E-state index in [0.717, 1.165) is 18.7 Å². The van der Waals surface area contributed by atoms with Gasteiger partial charge in [-0.15, -0.1) is 0 Å². The monoisotopic (exact) mass is 214 g/mol. The number of benzene rings is 1. The summed E-state index contributed by atoms with van der Waals surface area (Å²) in [6.07, 6.45) is 3.91. The van der Waals surface area contributed by atoms with Crippen LogP contribution in [0.5, 0.6) is 0 Å². The van der Waals surface area contributed by atoms with Crippen molar-refractivity contribution in [3.8, 4) is 11.1 Å². The Bertz CT molecular complexity index is 515. The third kappa shape index (κ3) is 1.52. The Morgan fingerprint density at radius 1 is 1.12 bits per heavy atom. The van der Waals surface area contributed by atoms with Gasteiger partial charge in [-0.05, 0) is 17.7 Å². The maximum atomic E-state index is 4.19. The average Bonchev–Trinajstić information content (AvgIpc) is 2.75. The van der Waals surface area contributed by atoms with Crippen molar-refractivity contribution in [1.82, 2.24) is 9.78 Å². The highest BCUT2D eigenvalue weighted by molar-refractivity contribution is 5.78. The van der Waals surface area contributed by atoms with Gasteiger partial charge < -0.3 is 10.6 Å². The first-order chi connectivity index (χ1) is 7.83. The second kappa shape index (κ2) is 3.56. The van der Waals surface area contributed by atoms with Gasteiger partial charge in [-0.1, -0.05) is 6.07 Å². The van der Waals surface area contributed by atoms with E-state index >= 15 is 0 Å². The van der Waals surface area contributed by atoms with E-state index in [-0.39, 0.29) is 0 Å². The Labute approximate surface area is 94.3 Å². The molecular weight excluding hydrogens is 200 g/mol. The predicted octanol–water partition coefficient (Wildman–Crippen LogP) is 1.92. The molecule has 1 aromatic carbocycles. The van der Waals surface area contributed by atoms with Gasteiger partial charge in [0.1, 0.15) is 0 Å². The largest absolute Gasteiger partial charge is 0.382 e. The van der Waals surface area contributed by atoms with Crippen molar-refractivity contribution >= 4 is 11.4 Å². The molecule has 0 saturated carbocycles. The number of rotatable bonds is 1. The zero-order valence-corrected chi connectivity index (χ0v) is 9.20. The summed E-state index contributed by atoms with van der Waals surface area (Å²) in [5, 5.41) is 10.9. The Kier molecular flexibility index (Phi) is 2.06. The molecule has 0 unspecified atom stereocenters. The van der Waals surface area contributed by atoms with Gasteiger partial charge in [-0.2, -0.15) is 5.10 Å². The van der Waals surface area contributed by atoms with Gasteiger partial charge in [0.25, 0.3) is 0 Å². The van der Waals surface area contributed by atoms with E-state index in [9.17, 15) is 0 Å². The van der Waals surface area contributed by atoms with Crippen LogP contribution in [0.1, 0.15) is 0 Å². The first-order valence-corrected chi connectivity index (χ1v) is 5.44. The van der Waals surface area contributed by atoms with Crippen molar-refractivity contribution in [3.05, 3.63) is 30.6 Å². The van der Waals surface area contributed by atoms with Gasteiger partial charge in [0.2, 0.25) is 0 Å². The number of nitrogens with one attached hydrogen (secondary N) is 2. The second-order valence-corrected chi connectivity index (χ2v) is 4.02. The second-order valence-electron chi connectivity index (χ2n) is 4.02. The van der Waals surface area contributed by atoms with E-state index in [1.165, 1.54) is 16.9 Å². The number of anilines is 2. The minimum Gasteiger partial charge on any atom is -0.382 e. The van der Waals surface area contributed by atoms with Crippen LogP contribution in [0.3, 0.4) is 0 Å². The molecular formula is C12H14N4. The van der Waals surface area contributed by atoms with E-state index in [1.807, 2.05) is 24.1 Å². The molecule has 1 aliphatic heterocycles. The van der Waals surface area contributed by atoms with E-state index in [2.05, 4.69) is 33.9 Å². The molecule has 0 bridgehead atoms. The van der Waals surface area contributed by atoms with Crippen molar-refractivity contribution in [2.24, 2.45) is 7.05 Å². The number of nitrogens with zero attached hydrogens (tertiary/aromatic N) is 2. The highest BCUT2D eigenvalue weighted by Gasteiger charge is 2.09. The van der Waals surface area contributed by atoms with Gasteiger partial charge >= 0.3 is 0 Å². The highest BCUT2D eigenvalue weighted by atomic mass is 15.2. The molecule has 4 heteroatoms. The Morgan fingerprint density at radius 2 is 1.94 bits per heavy atom. The molecule has 0 saturated heterocycles. The summed E-state index contributed by atoms with van der Waals surface area (Å²) in [5.74, 6) is 0. The Balaban J connectivity index is 2.02. The number of fused-ring (bicyclic) bond motifs is 1. The number of hydrogen-bond donors (Lipinski definition) is 2. The summed E-state index contributed by atoms with van der Waals surface area (Å²) >= 11 is 0. The van der Waals surface area contributed by atoms with Gasteiger partial charge in [-0.25, -0.2) is 0 Å². The molecule has 82 valence electrons. The summed E-state index contributed by atoms with van der Waals surface area (Å²) in [5.41, 5.74) is 4.70. The van der Waals surface area contributed by atoms with Crippen LogP contribution in [-0.4, -0.2) is 22.9 Å². The van der Waals surface area contributed by atoms with Crippen LogP contribution in [0.15, 0.2) is 30.6 Å². The zero-order valence-electron chi connectivity index (χ0n) is 9.20.